The minimum atomic E-state index is -0.417. The predicted molar refractivity (Wildman–Crippen MR) is 132 cm³/mol. The fraction of sp³-hybridized carbons (Fsp3) is 0.538. The number of thiazole rings is 1. The molecule has 2 fully saturated rings. The maximum absolute atomic E-state index is 13.5. The van der Waals surface area contributed by atoms with Crippen molar-refractivity contribution in [1.82, 2.24) is 15.2 Å². The summed E-state index contributed by atoms with van der Waals surface area (Å²) < 4.78 is 0. The third-order valence-electron chi connectivity index (χ3n) is 7.45. The standard InChI is InChI=1S/C26H32N4O3S/c1-17(24-27-13-15-34-24)30-25(32)20-11-6-12-21(22(20)26(30)33)29-14-7-8-18(16-29)23(31)28-19-9-4-2-3-5-10-19/h6,11-13,15,17-19H,2-5,7-10,14,16H2,1H3,(H,28,31)/t17-,18-/m0/s1. The van der Waals surface area contributed by atoms with Gasteiger partial charge < -0.3 is 10.2 Å². The molecule has 2 aromatic rings. The van der Waals surface area contributed by atoms with Gasteiger partial charge in [-0.15, -0.1) is 11.3 Å². The number of hydrogen-bond donors (Lipinski definition) is 1. The average Bonchev–Trinajstić information content (AvgIpc) is 3.39. The van der Waals surface area contributed by atoms with Crippen LogP contribution in [0.3, 0.4) is 0 Å². The Kier molecular flexibility index (Phi) is 6.68. The van der Waals surface area contributed by atoms with E-state index in [4.69, 9.17) is 0 Å². The number of nitrogens with one attached hydrogen (secondary N) is 1. The Bertz CT molecular complexity index is 1060. The second kappa shape index (κ2) is 9.86. The summed E-state index contributed by atoms with van der Waals surface area (Å²) in [5.74, 6) is -0.524. The topological polar surface area (TPSA) is 82.6 Å². The number of carbonyl (C=O) groups is 3. The molecule has 0 radical (unpaired) electrons. The molecule has 1 saturated heterocycles. The van der Waals surface area contributed by atoms with E-state index in [1.807, 2.05) is 24.4 Å². The Morgan fingerprint density at radius 1 is 1.09 bits per heavy atom. The number of hydrogen-bond acceptors (Lipinski definition) is 6. The highest BCUT2D eigenvalue weighted by Gasteiger charge is 2.42. The molecule has 5 rings (SSSR count). The molecule has 7 nitrogen and oxygen atoms in total. The fourth-order valence-electron chi connectivity index (χ4n) is 5.60. The highest BCUT2D eigenvalue weighted by molar-refractivity contribution is 7.09. The van der Waals surface area contributed by atoms with Crippen LogP contribution in [0.1, 0.15) is 90.1 Å². The summed E-state index contributed by atoms with van der Waals surface area (Å²) in [7, 11) is 0. The molecule has 1 aromatic carbocycles. The molecule has 3 heterocycles. The zero-order chi connectivity index (χ0) is 23.7. The van der Waals surface area contributed by atoms with Crippen molar-refractivity contribution in [3.05, 3.63) is 45.9 Å². The lowest BCUT2D eigenvalue weighted by Gasteiger charge is -2.35. The quantitative estimate of drug-likeness (QED) is 0.501. The van der Waals surface area contributed by atoms with Crippen LogP contribution in [-0.4, -0.2) is 46.7 Å². The summed E-state index contributed by atoms with van der Waals surface area (Å²) in [4.78, 5) is 47.6. The minimum absolute atomic E-state index is 0.106. The first kappa shape index (κ1) is 23.0. The SMILES string of the molecule is C[C@@H](c1nccs1)N1C(=O)c2cccc(N3CCC[C@H](C(=O)NC4CCCCCC4)C3)c2C1=O. The molecule has 1 aromatic heterocycles. The molecule has 2 aliphatic heterocycles. The van der Waals surface area contributed by atoms with Gasteiger partial charge in [0.25, 0.3) is 11.8 Å². The molecule has 1 saturated carbocycles. The molecule has 0 bridgehead atoms. The first-order valence-electron chi connectivity index (χ1n) is 12.5. The summed E-state index contributed by atoms with van der Waals surface area (Å²) in [5.41, 5.74) is 1.66. The molecular weight excluding hydrogens is 448 g/mol. The van der Waals surface area contributed by atoms with E-state index >= 15 is 0 Å². The number of aromatic nitrogens is 1. The summed E-state index contributed by atoms with van der Waals surface area (Å²) >= 11 is 1.44. The third-order valence-corrected chi connectivity index (χ3v) is 8.40. The Hall–Kier alpha value is -2.74. The van der Waals surface area contributed by atoms with Crippen LogP contribution in [0.5, 0.6) is 0 Å². The van der Waals surface area contributed by atoms with Gasteiger partial charge in [-0.25, -0.2) is 4.98 Å². The van der Waals surface area contributed by atoms with Crippen molar-refractivity contribution in [2.75, 3.05) is 18.0 Å². The van der Waals surface area contributed by atoms with Gasteiger partial charge in [0.2, 0.25) is 5.91 Å². The van der Waals surface area contributed by atoms with Gasteiger partial charge in [0.05, 0.1) is 28.8 Å². The molecule has 3 aliphatic rings. The van der Waals surface area contributed by atoms with Gasteiger partial charge in [0.15, 0.2) is 0 Å². The average molecular weight is 481 g/mol. The highest BCUT2D eigenvalue weighted by atomic mass is 32.1. The van der Waals surface area contributed by atoms with Crippen LogP contribution in [0.15, 0.2) is 29.8 Å². The van der Waals surface area contributed by atoms with Gasteiger partial charge in [0.1, 0.15) is 5.01 Å². The number of benzene rings is 1. The van der Waals surface area contributed by atoms with Crippen LogP contribution in [0.4, 0.5) is 5.69 Å². The lowest BCUT2D eigenvalue weighted by atomic mass is 9.94. The maximum atomic E-state index is 13.5. The number of anilines is 1. The van der Waals surface area contributed by atoms with Gasteiger partial charge in [-0.1, -0.05) is 31.7 Å². The zero-order valence-corrected chi connectivity index (χ0v) is 20.5. The van der Waals surface area contributed by atoms with E-state index in [0.717, 1.165) is 42.9 Å². The number of imide groups is 1. The van der Waals surface area contributed by atoms with E-state index in [9.17, 15) is 14.4 Å². The Balaban J connectivity index is 1.34. The molecule has 2 atom stereocenters. The predicted octanol–water partition coefficient (Wildman–Crippen LogP) is 4.56. The zero-order valence-electron chi connectivity index (χ0n) is 19.7. The molecule has 3 amide bonds. The van der Waals surface area contributed by atoms with Crippen molar-refractivity contribution >= 4 is 34.7 Å². The molecule has 1 N–H and O–H groups in total. The van der Waals surface area contributed by atoms with Crippen molar-refractivity contribution in [2.24, 2.45) is 5.92 Å². The van der Waals surface area contributed by atoms with Crippen LogP contribution >= 0.6 is 11.3 Å². The molecule has 1 aliphatic carbocycles. The number of nitrogens with zero attached hydrogens (tertiary/aromatic N) is 3. The second-order valence-corrected chi connectivity index (χ2v) is 10.6. The van der Waals surface area contributed by atoms with Gasteiger partial charge in [-0.05, 0) is 44.7 Å². The van der Waals surface area contributed by atoms with Crippen LogP contribution in [0.2, 0.25) is 0 Å². The number of carbonyl (C=O) groups excluding carboxylic acids is 3. The summed E-state index contributed by atoms with van der Waals surface area (Å²) in [6.45, 7) is 3.18. The monoisotopic (exact) mass is 480 g/mol. The van der Waals surface area contributed by atoms with Crippen LogP contribution in [0, 0.1) is 5.92 Å². The van der Waals surface area contributed by atoms with Gasteiger partial charge in [-0.2, -0.15) is 0 Å². The third kappa shape index (κ3) is 4.35. The number of fused-ring (bicyclic) bond motifs is 1. The van der Waals surface area contributed by atoms with Gasteiger partial charge in [0, 0.05) is 30.7 Å². The number of rotatable bonds is 5. The summed E-state index contributed by atoms with van der Waals surface area (Å²) in [6.07, 6.45) is 10.4. The lowest BCUT2D eigenvalue weighted by Crippen LogP contribution is -2.46. The van der Waals surface area contributed by atoms with Crippen molar-refractivity contribution in [2.45, 2.75) is 70.4 Å². The van der Waals surface area contributed by atoms with E-state index < -0.39 is 6.04 Å². The van der Waals surface area contributed by atoms with Crippen LogP contribution < -0.4 is 10.2 Å². The van der Waals surface area contributed by atoms with Crippen LogP contribution in [-0.2, 0) is 4.79 Å². The Labute approximate surface area is 204 Å². The molecule has 0 spiro atoms. The van der Waals surface area contributed by atoms with E-state index in [2.05, 4.69) is 15.2 Å². The first-order chi connectivity index (χ1) is 16.5. The summed E-state index contributed by atoms with van der Waals surface area (Å²) in [5, 5.41) is 5.90. The minimum Gasteiger partial charge on any atom is -0.370 e. The van der Waals surface area contributed by atoms with Crippen molar-refractivity contribution in [3.8, 4) is 0 Å². The van der Waals surface area contributed by atoms with Crippen molar-refractivity contribution in [3.63, 3.8) is 0 Å². The lowest BCUT2D eigenvalue weighted by molar-refractivity contribution is -0.126. The number of amides is 3. The van der Waals surface area contributed by atoms with E-state index in [0.29, 0.717) is 17.7 Å². The highest BCUT2D eigenvalue weighted by Crippen LogP contribution is 2.38. The van der Waals surface area contributed by atoms with E-state index in [1.165, 1.54) is 41.9 Å². The van der Waals surface area contributed by atoms with E-state index in [-0.39, 0.29) is 29.7 Å². The Morgan fingerprint density at radius 3 is 2.62 bits per heavy atom. The largest absolute Gasteiger partial charge is 0.370 e. The molecule has 0 unspecified atom stereocenters. The van der Waals surface area contributed by atoms with Crippen molar-refractivity contribution < 1.29 is 14.4 Å². The van der Waals surface area contributed by atoms with Gasteiger partial charge in [-0.3, -0.25) is 19.3 Å². The smallest absolute Gasteiger partial charge is 0.264 e. The van der Waals surface area contributed by atoms with Gasteiger partial charge >= 0.3 is 0 Å². The first-order valence-corrected chi connectivity index (χ1v) is 13.4. The van der Waals surface area contributed by atoms with E-state index in [1.54, 1.807) is 12.3 Å². The summed E-state index contributed by atoms with van der Waals surface area (Å²) in [6, 6.07) is 5.35. The second-order valence-electron chi connectivity index (χ2n) is 9.71. The number of piperidine rings is 1. The van der Waals surface area contributed by atoms with Crippen molar-refractivity contribution in [1.29, 1.82) is 0 Å². The van der Waals surface area contributed by atoms with Crippen LogP contribution in [0.25, 0.3) is 0 Å². The maximum Gasteiger partial charge on any atom is 0.264 e. The molecule has 180 valence electrons. The molecule has 8 heteroatoms. The molecular formula is C26H32N4O3S. The normalized spacial score (nSPS) is 22.4. The Morgan fingerprint density at radius 2 is 1.88 bits per heavy atom. The molecule has 34 heavy (non-hydrogen) atoms. The fourth-order valence-corrected chi connectivity index (χ4v) is 6.29.